The van der Waals surface area contributed by atoms with Crippen LogP contribution in [0, 0.1) is 6.92 Å². The van der Waals surface area contributed by atoms with Crippen molar-refractivity contribution in [2.75, 3.05) is 26.2 Å². The number of aryl methyl sites for hydroxylation is 1. The van der Waals surface area contributed by atoms with Crippen LogP contribution in [0.4, 0.5) is 0 Å². The Bertz CT molecular complexity index is 776. The Hall–Kier alpha value is -1.49. The third kappa shape index (κ3) is 3.57. The number of nitrogens with two attached hydrogens (primary N) is 1. The highest BCUT2D eigenvalue weighted by Gasteiger charge is 2.42. The first kappa shape index (κ1) is 18.3. The molecule has 2 aliphatic heterocycles. The summed E-state index contributed by atoms with van der Waals surface area (Å²) in [7, 11) is -3.70. The van der Waals surface area contributed by atoms with Gasteiger partial charge in [-0.2, -0.15) is 4.31 Å². The number of hydrogen-bond donors (Lipinski definition) is 1. The van der Waals surface area contributed by atoms with Crippen molar-refractivity contribution in [3.63, 3.8) is 0 Å². The number of hydrogen-bond acceptors (Lipinski definition) is 6. The molecule has 0 saturated carbocycles. The first-order valence-corrected chi connectivity index (χ1v) is 10.3. The highest BCUT2D eigenvalue weighted by molar-refractivity contribution is 7.91. The maximum atomic E-state index is 12.9. The second-order valence-electron chi connectivity index (χ2n) is 6.18. The normalized spacial score (nSPS) is 25.2. The molecule has 3 rings (SSSR count). The molecule has 1 aromatic rings. The molecule has 0 bridgehead atoms. The van der Waals surface area contributed by atoms with Crippen LogP contribution in [0.25, 0.3) is 0 Å². The van der Waals surface area contributed by atoms with Gasteiger partial charge in [0.2, 0.25) is 11.8 Å². The monoisotopic (exact) mass is 387 g/mol. The molecular formula is C15H21N3O5S2. The Balaban J connectivity index is 1.79. The van der Waals surface area contributed by atoms with Gasteiger partial charge < -0.3 is 15.4 Å². The summed E-state index contributed by atoms with van der Waals surface area (Å²) in [5, 5.41) is 0. The lowest BCUT2D eigenvalue weighted by atomic mass is 10.1. The number of amides is 2. The van der Waals surface area contributed by atoms with Crippen LogP contribution >= 0.6 is 11.3 Å². The number of primary amides is 1. The number of thiophene rings is 1. The molecule has 0 aliphatic carbocycles. The SMILES string of the molecule is Cc1ccc(S(=O)(=O)N2CCCC2C(=O)N2CCOC(C(N)=O)C2)s1. The van der Waals surface area contributed by atoms with Gasteiger partial charge in [0.25, 0.3) is 10.0 Å². The van der Waals surface area contributed by atoms with E-state index < -0.39 is 28.1 Å². The second kappa shape index (κ2) is 7.02. The number of ether oxygens (including phenoxy) is 1. The van der Waals surface area contributed by atoms with Crippen molar-refractivity contribution < 1.29 is 22.7 Å². The van der Waals surface area contributed by atoms with Crippen molar-refractivity contribution in [2.45, 2.75) is 36.1 Å². The highest BCUT2D eigenvalue weighted by Crippen LogP contribution is 2.31. The van der Waals surface area contributed by atoms with Crippen molar-refractivity contribution in [1.29, 1.82) is 0 Å². The van der Waals surface area contributed by atoms with E-state index in [2.05, 4.69) is 0 Å². The predicted molar refractivity (Wildman–Crippen MR) is 91.5 cm³/mol. The smallest absolute Gasteiger partial charge is 0.253 e. The fraction of sp³-hybridized carbons (Fsp3) is 0.600. The second-order valence-corrected chi connectivity index (χ2v) is 9.59. The third-order valence-electron chi connectivity index (χ3n) is 4.46. The van der Waals surface area contributed by atoms with E-state index in [1.807, 2.05) is 6.92 Å². The van der Waals surface area contributed by atoms with E-state index in [0.29, 0.717) is 25.9 Å². The zero-order chi connectivity index (χ0) is 18.2. The largest absolute Gasteiger partial charge is 0.367 e. The molecule has 2 saturated heterocycles. The molecule has 2 N–H and O–H groups in total. The minimum absolute atomic E-state index is 0.0661. The summed E-state index contributed by atoms with van der Waals surface area (Å²) in [6.07, 6.45) is 0.258. The molecule has 0 radical (unpaired) electrons. The van der Waals surface area contributed by atoms with Crippen LogP contribution in [0.5, 0.6) is 0 Å². The van der Waals surface area contributed by atoms with Crippen molar-refractivity contribution in [1.82, 2.24) is 9.21 Å². The van der Waals surface area contributed by atoms with Crippen LogP contribution in [0.1, 0.15) is 17.7 Å². The van der Waals surface area contributed by atoms with Gasteiger partial charge >= 0.3 is 0 Å². The molecule has 2 fully saturated rings. The van der Waals surface area contributed by atoms with E-state index in [1.165, 1.54) is 20.5 Å². The molecule has 0 aromatic carbocycles. The quantitative estimate of drug-likeness (QED) is 0.777. The van der Waals surface area contributed by atoms with Gasteiger partial charge in [-0.1, -0.05) is 0 Å². The van der Waals surface area contributed by atoms with E-state index in [9.17, 15) is 18.0 Å². The van der Waals surface area contributed by atoms with Crippen LogP contribution in [0.3, 0.4) is 0 Å². The first-order chi connectivity index (χ1) is 11.8. The zero-order valence-corrected chi connectivity index (χ0v) is 15.5. The van der Waals surface area contributed by atoms with Gasteiger partial charge in [-0.05, 0) is 31.9 Å². The molecular weight excluding hydrogens is 366 g/mol. The molecule has 1 aromatic heterocycles. The van der Waals surface area contributed by atoms with Crippen LogP contribution in [-0.4, -0.2) is 67.8 Å². The molecule has 2 atom stereocenters. The Morgan fingerprint density at radius 1 is 1.32 bits per heavy atom. The fourth-order valence-electron chi connectivity index (χ4n) is 3.17. The Morgan fingerprint density at radius 2 is 2.08 bits per heavy atom. The molecule has 25 heavy (non-hydrogen) atoms. The lowest BCUT2D eigenvalue weighted by Crippen LogP contribution is -2.55. The van der Waals surface area contributed by atoms with Crippen molar-refractivity contribution in [2.24, 2.45) is 5.73 Å². The van der Waals surface area contributed by atoms with Gasteiger partial charge in [0.1, 0.15) is 10.3 Å². The third-order valence-corrected chi connectivity index (χ3v) is 7.84. The van der Waals surface area contributed by atoms with Crippen LogP contribution in [0.15, 0.2) is 16.3 Å². The number of nitrogens with zero attached hydrogens (tertiary/aromatic N) is 2. The Labute approximate surface area is 150 Å². The summed E-state index contributed by atoms with van der Waals surface area (Å²) < 4.78 is 32.6. The van der Waals surface area contributed by atoms with E-state index in [4.69, 9.17) is 10.5 Å². The number of rotatable bonds is 4. The number of carbonyl (C=O) groups excluding carboxylic acids is 2. The van der Waals surface area contributed by atoms with Crippen LogP contribution in [0.2, 0.25) is 0 Å². The molecule has 8 nitrogen and oxygen atoms in total. The zero-order valence-electron chi connectivity index (χ0n) is 13.9. The van der Waals surface area contributed by atoms with Gasteiger partial charge in [-0.3, -0.25) is 9.59 Å². The summed E-state index contributed by atoms with van der Waals surface area (Å²) in [6.45, 7) is 2.76. The van der Waals surface area contributed by atoms with Crippen molar-refractivity contribution in [3.8, 4) is 0 Å². The molecule has 138 valence electrons. The molecule has 2 amide bonds. The molecule has 2 unspecified atom stereocenters. The fourth-order valence-corrected chi connectivity index (χ4v) is 6.24. The van der Waals surface area contributed by atoms with E-state index in [-0.39, 0.29) is 23.3 Å². The van der Waals surface area contributed by atoms with E-state index in [1.54, 1.807) is 12.1 Å². The topological polar surface area (TPSA) is 110 Å². The Kier molecular flexibility index (Phi) is 5.14. The number of morpholine rings is 1. The maximum Gasteiger partial charge on any atom is 0.253 e. The average molecular weight is 387 g/mol. The summed E-state index contributed by atoms with van der Waals surface area (Å²) in [5.74, 6) is -0.911. The first-order valence-electron chi connectivity index (χ1n) is 8.08. The standard InChI is InChI=1S/C15H21N3O5S2/c1-10-4-5-13(24-10)25(21,22)18-6-2-3-11(18)15(20)17-7-8-23-12(9-17)14(16)19/h4-5,11-12H,2-3,6-9H2,1H3,(H2,16,19). The number of carbonyl (C=O) groups is 2. The van der Waals surface area contributed by atoms with Crippen molar-refractivity contribution >= 4 is 33.2 Å². The van der Waals surface area contributed by atoms with Crippen LogP contribution in [-0.2, 0) is 24.3 Å². The average Bonchev–Trinajstić information content (AvgIpc) is 3.23. The molecule has 0 spiro atoms. The van der Waals surface area contributed by atoms with Gasteiger partial charge in [-0.15, -0.1) is 11.3 Å². The lowest BCUT2D eigenvalue weighted by Gasteiger charge is -2.34. The molecule has 2 aliphatic rings. The van der Waals surface area contributed by atoms with E-state index >= 15 is 0 Å². The summed E-state index contributed by atoms with van der Waals surface area (Å²) >= 11 is 1.20. The highest BCUT2D eigenvalue weighted by atomic mass is 32.2. The van der Waals surface area contributed by atoms with Crippen molar-refractivity contribution in [3.05, 3.63) is 17.0 Å². The van der Waals surface area contributed by atoms with Gasteiger partial charge in [0.05, 0.1) is 13.2 Å². The lowest BCUT2D eigenvalue weighted by molar-refractivity contribution is -0.147. The summed E-state index contributed by atoms with van der Waals surface area (Å²) in [4.78, 5) is 26.6. The minimum Gasteiger partial charge on any atom is -0.367 e. The summed E-state index contributed by atoms with van der Waals surface area (Å²) in [6, 6.07) is 2.59. The predicted octanol–water partition coefficient (Wildman–Crippen LogP) is -0.0777. The van der Waals surface area contributed by atoms with E-state index in [0.717, 1.165) is 4.88 Å². The van der Waals surface area contributed by atoms with Gasteiger partial charge in [-0.25, -0.2) is 8.42 Å². The molecule has 10 heteroatoms. The Morgan fingerprint density at radius 3 is 2.72 bits per heavy atom. The summed E-state index contributed by atoms with van der Waals surface area (Å²) in [5.41, 5.74) is 5.25. The van der Waals surface area contributed by atoms with Gasteiger partial charge in [0, 0.05) is 18.0 Å². The maximum absolute atomic E-state index is 12.9. The molecule has 3 heterocycles. The number of sulfonamides is 1. The van der Waals surface area contributed by atoms with Gasteiger partial charge in [0.15, 0.2) is 6.10 Å². The van der Waals surface area contributed by atoms with Crippen LogP contribution < -0.4 is 5.73 Å². The minimum atomic E-state index is -3.70.